The quantitative estimate of drug-likeness (QED) is 0.738. The van der Waals surface area contributed by atoms with Gasteiger partial charge in [0.2, 0.25) is 11.8 Å². The van der Waals surface area contributed by atoms with Gasteiger partial charge in [0.25, 0.3) is 0 Å². The zero-order valence-corrected chi connectivity index (χ0v) is 15.9. The van der Waals surface area contributed by atoms with E-state index in [9.17, 15) is 9.59 Å². The van der Waals surface area contributed by atoms with E-state index in [2.05, 4.69) is 20.9 Å². The van der Waals surface area contributed by atoms with Crippen LogP contribution in [0.25, 0.3) is 0 Å². The molecule has 1 saturated heterocycles. The van der Waals surface area contributed by atoms with Crippen LogP contribution in [-0.2, 0) is 9.59 Å². The number of carbonyl (C=O) groups is 2. The van der Waals surface area contributed by atoms with Crippen molar-refractivity contribution in [1.29, 1.82) is 0 Å². The third-order valence-corrected chi connectivity index (χ3v) is 4.64. The first-order valence-electron chi connectivity index (χ1n) is 8.89. The van der Waals surface area contributed by atoms with Gasteiger partial charge in [0.15, 0.2) is 0 Å². The molecule has 1 fully saturated rings. The van der Waals surface area contributed by atoms with Gasteiger partial charge in [0.05, 0.1) is 6.54 Å². The molecule has 2 amide bonds. The molecule has 1 unspecified atom stereocenters. The fourth-order valence-corrected chi connectivity index (χ4v) is 3.44. The van der Waals surface area contributed by atoms with E-state index in [1.54, 1.807) is 24.3 Å². The van der Waals surface area contributed by atoms with Gasteiger partial charge in [0.1, 0.15) is 0 Å². The highest BCUT2D eigenvalue weighted by molar-refractivity contribution is 6.30. The predicted octanol–water partition coefficient (Wildman–Crippen LogP) is 2.88. The average molecular weight is 387 g/mol. The summed E-state index contributed by atoms with van der Waals surface area (Å²) in [5, 5.41) is 9.69. The highest BCUT2D eigenvalue weighted by Crippen LogP contribution is 2.24. The second kappa shape index (κ2) is 8.99. The smallest absolute Gasteiger partial charge is 0.238 e. The predicted molar refractivity (Wildman–Crippen MR) is 108 cm³/mol. The number of carbonyl (C=O) groups excluding carboxylic acids is 2. The van der Waals surface area contributed by atoms with E-state index in [4.69, 9.17) is 11.6 Å². The number of halogens is 1. The van der Waals surface area contributed by atoms with Crippen LogP contribution in [0.2, 0.25) is 5.02 Å². The van der Waals surface area contributed by atoms with Gasteiger partial charge in [-0.2, -0.15) is 0 Å². The number of rotatable bonds is 5. The molecule has 3 rings (SSSR count). The number of amides is 2. The number of piperazine rings is 1. The van der Waals surface area contributed by atoms with Crippen LogP contribution in [0.1, 0.15) is 18.5 Å². The molecule has 0 bridgehead atoms. The first-order chi connectivity index (χ1) is 13.0. The maximum Gasteiger partial charge on any atom is 0.238 e. The van der Waals surface area contributed by atoms with Crippen LogP contribution in [0.3, 0.4) is 0 Å². The van der Waals surface area contributed by atoms with Gasteiger partial charge < -0.3 is 16.0 Å². The van der Waals surface area contributed by atoms with Crippen molar-refractivity contribution in [3.05, 3.63) is 59.1 Å². The summed E-state index contributed by atoms with van der Waals surface area (Å²) in [5.41, 5.74) is 2.40. The molecule has 2 aromatic rings. The minimum absolute atomic E-state index is 0.0916. The lowest BCUT2D eigenvalue weighted by atomic mass is 10.0. The molecule has 0 radical (unpaired) electrons. The van der Waals surface area contributed by atoms with Crippen LogP contribution in [-0.4, -0.2) is 42.9 Å². The van der Waals surface area contributed by atoms with Crippen LogP contribution in [0.5, 0.6) is 0 Å². The van der Waals surface area contributed by atoms with E-state index < -0.39 is 0 Å². The Labute approximate surface area is 163 Å². The topological polar surface area (TPSA) is 73.5 Å². The lowest BCUT2D eigenvalue weighted by Gasteiger charge is -2.36. The molecule has 0 aromatic heterocycles. The van der Waals surface area contributed by atoms with Crippen LogP contribution < -0.4 is 16.0 Å². The number of nitrogens with one attached hydrogen (secondary N) is 3. The summed E-state index contributed by atoms with van der Waals surface area (Å²) in [6.45, 7) is 4.11. The van der Waals surface area contributed by atoms with E-state index in [1.165, 1.54) is 6.92 Å². The van der Waals surface area contributed by atoms with Crippen molar-refractivity contribution in [3.8, 4) is 0 Å². The van der Waals surface area contributed by atoms with E-state index in [-0.39, 0.29) is 24.4 Å². The Morgan fingerprint density at radius 1 is 1.15 bits per heavy atom. The fraction of sp³-hybridized carbons (Fsp3) is 0.300. The summed E-state index contributed by atoms with van der Waals surface area (Å²) in [4.78, 5) is 25.9. The number of hydrogen-bond acceptors (Lipinski definition) is 4. The maximum absolute atomic E-state index is 12.6. The number of nitrogens with zero attached hydrogens (tertiary/aromatic N) is 1. The monoisotopic (exact) mass is 386 g/mol. The molecule has 27 heavy (non-hydrogen) atoms. The van der Waals surface area contributed by atoms with E-state index in [0.29, 0.717) is 16.4 Å². The van der Waals surface area contributed by atoms with Crippen molar-refractivity contribution in [2.75, 3.05) is 36.8 Å². The molecule has 0 spiro atoms. The Kier molecular flexibility index (Phi) is 6.45. The average Bonchev–Trinajstić information content (AvgIpc) is 2.62. The van der Waals surface area contributed by atoms with E-state index >= 15 is 0 Å². The maximum atomic E-state index is 12.6. The number of hydrogen-bond donors (Lipinski definition) is 3. The van der Waals surface area contributed by atoms with Gasteiger partial charge in [-0.3, -0.25) is 14.5 Å². The van der Waals surface area contributed by atoms with Crippen molar-refractivity contribution in [2.45, 2.75) is 13.0 Å². The molecule has 6 nitrogen and oxygen atoms in total. The van der Waals surface area contributed by atoms with Crippen molar-refractivity contribution < 1.29 is 9.59 Å². The lowest BCUT2D eigenvalue weighted by Crippen LogP contribution is -2.48. The highest BCUT2D eigenvalue weighted by atomic mass is 35.5. The zero-order chi connectivity index (χ0) is 19.2. The van der Waals surface area contributed by atoms with Crippen molar-refractivity contribution >= 4 is 34.8 Å². The molecule has 7 heteroatoms. The molecule has 3 N–H and O–H groups in total. The summed E-state index contributed by atoms with van der Waals surface area (Å²) in [6.07, 6.45) is 0. The Balaban J connectivity index is 1.66. The molecule has 1 aliphatic rings. The summed E-state index contributed by atoms with van der Waals surface area (Å²) >= 11 is 6.13. The first kappa shape index (κ1) is 19.4. The van der Waals surface area contributed by atoms with Gasteiger partial charge in [0, 0.05) is 49.0 Å². The standard InChI is InChI=1S/C20H23ClN4O2/c1-14(26)23-17-6-3-7-18(11-17)24-20(27)13-25-9-8-22-12-19(25)15-4-2-5-16(21)10-15/h2-7,10-11,19,22H,8-9,12-13H2,1H3,(H,23,26)(H,24,27). The Morgan fingerprint density at radius 3 is 2.63 bits per heavy atom. The summed E-state index contributed by atoms with van der Waals surface area (Å²) in [5.74, 6) is -0.243. The second-order valence-electron chi connectivity index (χ2n) is 6.56. The number of benzene rings is 2. The Hall–Kier alpha value is -2.41. The molecular weight excluding hydrogens is 364 g/mol. The first-order valence-corrected chi connectivity index (χ1v) is 9.27. The van der Waals surface area contributed by atoms with Gasteiger partial charge in [-0.05, 0) is 35.9 Å². The van der Waals surface area contributed by atoms with Gasteiger partial charge in [-0.1, -0.05) is 29.8 Å². The molecule has 142 valence electrons. The Bertz CT molecular complexity index is 827. The minimum Gasteiger partial charge on any atom is -0.326 e. The highest BCUT2D eigenvalue weighted by Gasteiger charge is 2.25. The van der Waals surface area contributed by atoms with Crippen LogP contribution >= 0.6 is 11.6 Å². The van der Waals surface area contributed by atoms with Crippen LogP contribution in [0.15, 0.2) is 48.5 Å². The van der Waals surface area contributed by atoms with Crippen molar-refractivity contribution in [2.24, 2.45) is 0 Å². The van der Waals surface area contributed by atoms with Gasteiger partial charge in [-0.15, -0.1) is 0 Å². The third-order valence-electron chi connectivity index (χ3n) is 4.40. The second-order valence-corrected chi connectivity index (χ2v) is 6.99. The largest absolute Gasteiger partial charge is 0.326 e. The summed E-state index contributed by atoms with van der Waals surface area (Å²) < 4.78 is 0. The molecule has 0 aliphatic carbocycles. The minimum atomic E-state index is -0.149. The van der Waals surface area contributed by atoms with Crippen LogP contribution in [0.4, 0.5) is 11.4 Å². The normalized spacial score (nSPS) is 17.3. The zero-order valence-electron chi connectivity index (χ0n) is 15.2. The lowest BCUT2D eigenvalue weighted by molar-refractivity contribution is -0.118. The molecule has 1 aliphatic heterocycles. The van der Waals surface area contributed by atoms with E-state index in [1.807, 2.05) is 24.3 Å². The van der Waals surface area contributed by atoms with Crippen molar-refractivity contribution in [3.63, 3.8) is 0 Å². The fourth-order valence-electron chi connectivity index (χ4n) is 3.24. The molecule has 1 heterocycles. The van der Waals surface area contributed by atoms with Crippen molar-refractivity contribution in [1.82, 2.24) is 10.2 Å². The molecule has 0 saturated carbocycles. The molecule has 1 atom stereocenters. The molecule has 2 aromatic carbocycles. The summed E-state index contributed by atoms with van der Waals surface area (Å²) in [7, 11) is 0. The van der Waals surface area contributed by atoms with E-state index in [0.717, 1.165) is 25.2 Å². The molecular formula is C20H23ClN4O2. The summed E-state index contributed by atoms with van der Waals surface area (Å²) in [6, 6.07) is 15.0. The SMILES string of the molecule is CC(=O)Nc1cccc(NC(=O)CN2CCNCC2c2cccc(Cl)c2)c1. The number of anilines is 2. The van der Waals surface area contributed by atoms with Gasteiger partial charge in [-0.25, -0.2) is 0 Å². The third kappa shape index (κ3) is 5.53. The Morgan fingerprint density at radius 2 is 1.89 bits per heavy atom. The van der Waals surface area contributed by atoms with Crippen LogP contribution in [0, 0.1) is 0 Å². The van der Waals surface area contributed by atoms with Gasteiger partial charge >= 0.3 is 0 Å².